The van der Waals surface area contributed by atoms with Crippen molar-refractivity contribution in [3.8, 4) is 0 Å². The van der Waals surface area contributed by atoms with E-state index in [4.69, 9.17) is 5.11 Å². The molecule has 5 nitrogen and oxygen atoms in total. The summed E-state index contributed by atoms with van der Waals surface area (Å²) in [6.07, 6.45) is -0.0191. The molecule has 0 spiro atoms. The second-order valence-electron chi connectivity index (χ2n) is 3.86. The van der Waals surface area contributed by atoms with Gasteiger partial charge in [0.25, 0.3) is 0 Å². The summed E-state index contributed by atoms with van der Waals surface area (Å²) >= 11 is 0. The number of rotatable bonds is 0. The van der Waals surface area contributed by atoms with Crippen LogP contribution >= 0.6 is 0 Å². The third kappa shape index (κ3) is 1.33. The van der Waals surface area contributed by atoms with Gasteiger partial charge in [0.15, 0.2) is 0 Å². The number of carboxylic acid groups (broad SMARTS) is 1. The molecule has 0 bridgehead atoms. The Bertz CT molecular complexity index is 300. The minimum atomic E-state index is -0.821. The monoisotopic (exact) mass is 197 g/mol. The van der Waals surface area contributed by atoms with Crippen LogP contribution in [0.4, 0.5) is 4.79 Å². The van der Waals surface area contributed by atoms with E-state index in [0.29, 0.717) is 19.1 Å². The highest BCUT2D eigenvalue weighted by Gasteiger charge is 2.32. The van der Waals surface area contributed by atoms with Gasteiger partial charge >= 0.3 is 6.09 Å². The van der Waals surface area contributed by atoms with Crippen molar-refractivity contribution in [3.63, 3.8) is 0 Å². The smallest absolute Gasteiger partial charge is 0.407 e. The maximum atomic E-state index is 10.8. The van der Waals surface area contributed by atoms with Crippen molar-refractivity contribution in [1.29, 1.82) is 0 Å². The first kappa shape index (κ1) is 9.33. The highest BCUT2D eigenvalue weighted by Crippen LogP contribution is 2.26. The molecule has 0 fully saturated rings. The molecule has 0 aliphatic carbocycles. The van der Waals surface area contributed by atoms with Gasteiger partial charge in [-0.2, -0.15) is 0 Å². The first-order chi connectivity index (χ1) is 6.59. The SMILES string of the molecule is CC1C2=C(CCN(C(=O)O)C2)NN1C. The molecule has 0 saturated heterocycles. The van der Waals surface area contributed by atoms with Crippen molar-refractivity contribution in [1.82, 2.24) is 15.3 Å². The molecule has 0 aromatic rings. The van der Waals surface area contributed by atoms with Crippen LogP contribution in [-0.2, 0) is 0 Å². The summed E-state index contributed by atoms with van der Waals surface area (Å²) in [5.74, 6) is 0. The normalized spacial score (nSPS) is 27.6. The number of amides is 1. The van der Waals surface area contributed by atoms with E-state index in [1.807, 2.05) is 12.1 Å². The maximum Gasteiger partial charge on any atom is 0.407 e. The maximum absolute atomic E-state index is 10.8. The lowest BCUT2D eigenvalue weighted by Crippen LogP contribution is -2.37. The van der Waals surface area contributed by atoms with Crippen LogP contribution < -0.4 is 5.43 Å². The number of nitrogens with one attached hydrogen (secondary N) is 1. The van der Waals surface area contributed by atoms with E-state index in [2.05, 4.69) is 12.3 Å². The van der Waals surface area contributed by atoms with Crippen LogP contribution in [0.1, 0.15) is 13.3 Å². The first-order valence-electron chi connectivity index (χ1n) is 4.79. The fourth-order valence-corrected chi connectivity index (χ4v) is 2.01. The number of carbonyl (C=O) groups is 1. The minimum absolute atomic E-state index is 0.298. The van der Waals surface area contributed by atoms with E-state index in [0.717, 1.165) is 6.42 Å². The predicted octanol–water partition coefficient (Wildman–Crippen LogP) is 0.463. The number of likely N-dealkylation sites (N-methyl/N-ethyl adjacent to an activating group) is 1. The summed E-state index contributed by atoms with van der Waals surface area (Å²) in [6, 6.07) is 0.298. The molecule has 1 unspecified atom stereocenters. The fourth-order valence-electron chi connectivity index (χ4n) is 2.01. The van der Waals surface area contributed by atoms with E-state index < -0.39 is 6.09 Å². The van der Waals surface area contributed by atoms with Gasteiger partial charge in [0.1, 0.15) is 0 Å². The zero-order valence-electron chi connectivity index (χ0n) is 8.45. The molecule has 2 aliphatic heterocycles. The molecule has 0 aromatic carbocycles. The predicted molar refractivity (Wildman–Crippen MR) is 51.6 cm³/mol. The summed E-state index contributed by atoms with van der Waals surface area (Å²) in [7, 11) is 1.98. The van der Waals surface area contributed by atoms with Crippen molar-refractivity contribution in [3.05, 3.63) is 11.3 Å². The number of hydrogen-bond acceptors (Lipinski definition) is 3. The topological polar surface area (TPSA) is 55.8 Å². The molecule has 1 atom stereocenters. The van der Waals surface area contributed by atoms with Gasteiger partial charge < -0.3 is 15.4 Å². The zero-order chi connectivity index (χ0) is 10.3. The second-order valence-corrected chi connectivity index (χ2v) is 3.86. The van der Waals surface area contributed by atoms with Crippen LogP contribution in [0.5, 0.6) is 0 Å². The van der Waals surface area contributed by atoms with Crippen LogP contribution in [0.15, 0.2) is 11.3 Å². The highest BCUT2D eigenvalue weighted by atomic mass is 16.4. The van der Waals surface area contributed by atoms with Crippen LogP contribution in [0.3, 0.4) is 0 Å². The van der Waals surface area contributed by atoms with E-state index in [1.165, 1.54) is 16.2 Å². The van der Waals surface area contributed by atoms with Gasteiger partial charge in [-0.05, 0) is 12.5 Å². The lowest BCUT2D eigenvalue weighted by Gasteiger charge is -2.26. The fraction of sp³-hybridized carbons (Fsp3) is 0.667. The van der Waals surface area contributed by atoms with Crippen LogP contribution in [-0.4, -0.2) is 47.3 Å². The molecule has 2 heterocycles. The molecule has 1 amide bonds. The molecule has 78 valence electrons. The number of hydrogen-bond donors (Lipinski definition) is 2. The lowest BCUT2D eigenvalue weighted by atomic mass is 10.0. The standard InChI is InChI=1S/C9H15N3O2/c1-6-7-5-12(9(13)14)4-3-8(7)10-11(6)2/h6,10H,3-5H2,1-2H3,(H,13,14). The Labute approximate surface area is 83.0 Å². The Morgan fingerprint density at radius 2 is 2.36 bits per heavy atom. The van der Waals surface area contributed by atoms with Gasteiger partial charge in [-0.3, -0.25) is 0 Å². The Morgan fingerprint density at radius 3 is 3.00 bits per heavy atom. The third-order valence-corrected chi connectivity index (χ3v) is 3.05. The summed E-state index contributed by atoms with van der Waals surface area (Å²) < 4.78 is 0. The van der Waals surface area contributed by atoms with E-state index in [9.17, 15) is 4.79 Å². The number of nitrogens with zero attached hydrogens (tertiary/aromatic N) is 2. The van der Waals surface area contributed by atoms with Gasteiger partial charge in [-0.1, -0.05) is 0 Å². The van der Waals surface area contributed by atoms with Gasteiger partial charge in [-0.25, -0.2) is 9.80 Å². The molecule has 0 saturated carbocycles. The Kier molecular flexibility index (Phi) is 2.11. The summed E-state index contributed by atoms with van der Waals surface area (Å²) in [6.45, 7) is 3.23. The highest BCUT2D eigenvalue weighted by molar-refractivity contribution is 5.66. The minimum Gasteiger partial charge on any atom is -0.465 e. The second kappa shape index (κ2) is 3.16. The van der Waals surface area contributed by atoms with Crippen molar-refractivity contribution in [2.24, 2.45) is 0 Å². The molecule has 14 heavy (non-hydrogen) atoms. The molecule has 0 aromatic heterocycles. The van der Waals surface area contributed by atoms with Crippen molar-refractivity contribution >= 4 is 6.09 Å². The molecule has 2 N–H and O–H groups in total. The lowest BCUT2D eigenvalue weighted by molar-refractivity contribution is 0.147. The van der Waals surface area contributed by atoms with Crippen molar-refractivity contribution in [2.45, 2.75) is 19.4 Å². The quantitative estimate of drug-likeness (QED) is 0.592. The van der Waals surface area contributed by atoms with Crippen LogP contribution in [0.25, 0.3) is 0 Å². The summed E-state index contributed by atoms with van der Waals surface area (Å²) in [5.41, 5.74) is 5.67. The molecular formula is C9H15N3O2. The average Bonchev–Trinajstić information content (AvgIpc) is 2.43. The van der Waals surface area contributed by atoms with E-state index >= 15 is 0 Å². The van der Waals surface area contributed by atoms with Gasteiger partial charge in [0, 0.05) is 32.3 Å². The molecule has 0 radical (unpaired) electrons. The third-order valence-electron chi connectivity index (χ3n) is 3.05. The van der Waals surface area contributed by atoms with E-state index in [-0.39, 0.29) is 0 Å². The summed E-state index contributed by atoms with van der Waals surface area (Å²) in [4.78, 5) is 12.3. The Balaban J connectivity index is 2.15. The number of hydrazine groups is 1. The van der Waals surface area contributed by atoms with Crippen LogP contribution in [0, 0.1) is 0 Å². The van der Waals surface area contributed by atoms with Crippen molar-refractivity contribution in [2.75, 3.05) is 20.1 Å². The largest absolute Gasteiger partial charge is 0.465 e. The van der Waals surface area contributed by atoms with Crippen molar-refractivity contribution < 1.29 is 9.90 Å². The summed E-state index contributed by atoms with van der Waals surface area (Å²) in [5, 5.41) is 10.9. The molecule has 2 rings (SSSR count). The van der Waals surface area contributed by atoms with Gasteiger partial charge in [0.05, 0.1) is 6.04 Å². The van der Waals surface area contributed by atoms with E-state index in [1.54, 1.807) is 0 Å². The molecular weight excluding hydrogens is 182 g/mol. The molecule has 5 heteroatoms. The average molecular weight is 197 g/mol. The van der Waals surface area contributed by atoms with Gasteiger partial charge in [0.2, 0.25) is 0 Å². The first-order valence-corrected chi connectivity index (χ1v) is 4.79. The Morgan fingerprint density at radius 1 is 1.64 bits per heavy atom. The van der Waals surface area contributed by atoms with Gasteiger partial charge in [-0.15, -0.1) is 0 Å². The Hall–Kier alpha value is -1.23. The van der Waals surface area contributed by atoms with Crippen LogP contribution in [0.2, 0.25) is 0 Å². The molecule has 2 aliphatic rings. The zero-order valence-corrected chi connectivity index (χ0v) is 8.45.